The number of hydrogen-bond donors (Lipinski definition) is 0. The molecule has 0 saturated carbocycles. The largest absolute Gasteiger partial charge is 0.411 e. The van der Waals surface area contributed by atoms with Gasteiger partial charge in [0.1, 0.15) is 0 Å². The summed E-state index contributed by atoms with van der Waals surface area (Å²) in [7, 11) is 0.257. The molecule has 0 aliphatic carbocycles. The van der Waals surface area contributed by atoms with Gasteiger partial charge in [-0.3, -0.25) is 4.57 Å². The Morgan fingerprint density at radius 2 is 1.79 bits per heavy atom. The summed E-state index contributed by atoms with van der Waals surface area (Å²) >= 11 is 0. The molecule has 1 aliphatic heterocycles. The fraction of sp³-hybridized carbons (Fsp3) is 0.400. The van der Waals surface area contributed by atoms with Gasteiger partial charge >= 0.3 is 9.45 Å². The van der Waals surface area contributed by atoms with Crippen molar-refractivity contribution in [1.82, 2.24) is 4.57 Å². The lowest BCUT2D eigenvalue weighted by Gasteiger charge is -2.37. The van der Waals surface area contributed by atoms with Crippen molar-refractivity contribution in [2.24, 2.45) is 0 Å². The zero-order valence-corrected chi connectivity index (χ0v) is 15.8. The predicted molar refractivity (Wildman–Crippen MR) is 99.8 cm³/mol. The van der Waals surface area contributed by atoms with Crippen LogP contribution in [0.5, 0.6) is 0 Å². The highest BCUT2D eigenvalue weighted by atomic mass is 28.3. The van der Waals surface area contributed by atoms with Gasteiger partial charge < -0.3 is 8.85 Å². The monoisotopic (exact) mass is 341 g/mol. The topological polar surface area (TPSA) is 21.7 Å². The van der Waals surface area contributed by atoms with Crippen LogP contribution in [0.1, 0.15) is 49.5 Å². The van der Waals surface area contributed by atoms with E-state index >= 15 is 0 Å². The second-order valence-electron chi connectivity index (χ2n) is 6.44. The van der Waals surface area contributed by atoms with Crippen LogP contribution in [-0.4, -0.2) is 27.6 Å². The molecule has 1 heterocycles. The molecule has 2 aromatic carbocycles. The lowest BCUT2D eigenvalue weighted by atomic mass is 10.1. The number of rotatable bonds is 6. The average Bonchev–Trinajstić information content (AvgIpc) is 2.64. The molecule has 3 nitrogen and oxygen atoms in total. The van der Waals surface area contributed by atoms with E-state index in [9.17, 15) is 0 Å². The van der Waals surface area contributed by atoms with Crippen LogP contribution in [0, 0.1) is 0 Å². The number of hydrogen-bond acceptors (Lipinski definition) is 3. The Morgan fingerprint density at radius 1 is 1.12 bits per heavy atom. The first-order valence-corrected chi connectivity index (χ1v) is 10.3. The zero-order valence-electron chi connectivity index (χ0n) is 14.6. The van der Waals surface area contributed by atoms with Gasteiger partial charge in [-0.25, -0.2) is 0 Å². The Morgan fingerprint density at radius 3 is 2.46 bits per heavy atom. The van der Waals surface area contributed by atoms with E-state index in [0.717, 1.165) is 25.8 Å². The predicted octanol–water partition coefficient (Wildman–Crippen LogP) is 4.36. The van der Waals surface area contributed by atoms with E-state index in [2.05, 4.69) is 79.2 Å². The molecule has 0 radical (unpaired) electrons. The van der Waals surface area contributed by atoms with Crippen LogP contribution < -0.4 is 0 Å². The van der Waals surface area contributed by atoms with Crippen LogP contribution in [0.4, 0.5) is 0 Å². The molecule has 24 heavy (non-hydrogen) atoms. The molecule has 1 saturated heterocycles. The fourth-order valence-electron chi connectivity index (χ4n) is 3.17. The summed E-state index contributed by atoms with van der Waals surface area (Å²) in [5.41, 5.74) is 2.52. The molecule has 128 valence electrons. The van der Waals surface area contributed by atoms with Crippen molar-refractivity contribution in [3.63, 3.8) is 0 Å². The molecular formula is C20H27NO2Si. The lowest BCUT2D eigenvalue weighted by molar-refractivity contribution is 0.0339. The Balaban J connectivity index is 1.71. The van der Waals surface area contributed by atoms with E-state index in [0.29, 0.717) is 0 Å². The Labute approximate surface area is 147 Å². The molecule has 3 unspecified atom stereocenters. The maximum absolute atomic E-state index is 6.52. The minimum absolute atomic E-state index is 0.129. The van der Waals surface area contributed by atoms with Gasteiger partial charge in [0.2, 0.25) is 0 Å². The summed E-state index contributed by atoms with van der Waals surface area (Å²) in [5, 5.41) is 0. The Kier molecular flexibility index (Phi) is 6.21. The highest BCUT2D eigenvalue weighted by Crippen LogP contribution is 2.31. The maximum Gasteiger partial charge on any atom is 0.411 e. The molecule has 0 bridgehead atoms. The van der Waals surface area contributed by atoms with Gasteiger partial charge in [0.15, 0.2) is 0 Å². The van der Waals surface area contributed by atoms with Crippen molar-refractivity contribution in [2.75, 3.05) is 13.6 Å². The zero-order chi connectivity index (χ0) is 16.8. The molecule has 3 atom stereocenters. The third-order valence-corrected chi connectivity index (χ3v) is 6.66. The van der Waals surface area contributed by atoms with Crippen molar-refractivity contribution < 1.29 is 8.85 Å². The van der Waals surface area contributed by atoms with E-state index in [4.69, 9.17) is 8.85 Å². The summed E-state index contributed by atoms with van der Waals surface area (Å²) < 4.78 is 15.2. The average molecular weight is 342 g/mol. The van der Waals surface area contributed by atoms with Crippen molar-refractivity contribution in [1.29, 1.82) is 0 Å². The van der Waals surface area contributed by atoms with Crippen LogP contribution >= 0.6 is 0 Å². The van der Waals surface area contributed by atoms with Crippen LogP contribution in [0.25, 0.3) is 0 Å². The van der Waals surface area contributed by atoms with Gasteiger partial charge in [-0.15, -0.1) is 0 Å². The molecular weight excluding hydrogens is 314 g/mol. The molecule has 4 heteroatoms. The molecule has 0 amide bonds. The van der Waals surface area contributed by atoms with Crippen molar-refractivity contribution in [3.8, 4) is 0 Å². The second kappa shape index (κ2) is 8.58. The normalized spacial score (nSPS) is 23.1. The summed E-state index contributed by atoms with van der Waals surface area (Å²) in [5.74, 6) is 0. The molecule has 1 fully saturated rings. The molecule has 0 aromatic heterocycles. The highest BCUT2D eigenvalue weighted by Gasteiger charge is 2.33. The first kappa shape index (κ1) is 17.4. The Bertz CT molecular complexity index is 608. The minimum atomic E-state index is -1.87. The first-order chi connectivity index (χ1) is 11.8. The fourth-order valence-corrected chi connectivity index (χ4v) is 5.16. The second-order valence-corrected chi connectivity index (χ2v) is 8.48. The van der Waals surface area contributed by atoms with E-state index in [-0.39, 0.29) is 12.2 Å². The van der Waals surface area contributed by atoms with Gasteiger partial charge in [0.05, 0.1) is 12.2 Å². The standard InChI is InChI=1S/C20H27NO2Si/c1-3-10-19(17-11-6-4-7-12-17)22-24-21(2)16-15-20(23-24)18-13-8-5-9-14-18/h4-9,11-14,19-20,24H,3,10,15-16H2,1-2H3. The van der Waals surface area contributed by atoms with Crippen LogP contribution in [0.2, 0.25) is 0 Å². The highest BCUT2D eigenvalue weighted by molar-refractivity contribution is 6.41. The quantitative estimate of drug-likeness (QED) is 0.729. The Hall–Kier alpha value is -1.46. The van der Waals surface area contributed by atoms with E-state index < -0.39 is 9.45 Å². The van der Waals surface area contributed by atoms with Crippen LogP contribution in [0.3, 0.4) is 0 Å². The van der Waals surface area contributed by atoms with Gasteiger partial charge in [-0.1, -0.05) is 74.0 Å². The molecule has 3 rings (SSSR count). The van der Waals surface area contributed by atoms with Crippen molar-refractivity contribution in [3.05, 3.63) is 71.8 Å². The molecule has 2 aromatic rings. The minimum Gasteiger partial charge on any atom is -0.378 e. The van der Waals surface area contributed by atoms with Crippen LogP contribution in [-0.2, 0) is 8.85 Å². The number of benzene rings is 2. The van der Waals surface area contributed by atoms with Gasteiger partial charge in [-0.05, 0) is 37.6 Å². The van der Waals surface area contributed by atoms with Gasteiger partial charge in [0, 0.05) is 0 Å². The van der Waals surface area contributed by atoms with Crippen molar-refractivity contribution >= 4 is 9.45 Å². The summed E-state index contributed by atoms with van der Waals surface area (Å²) in [6, 6.07) is 21.1. The summed E-state index contributed by atoms with van der Waals surface area (Å²) in [6.45, 7) is 3.24. The molecule has 0 N–H and O–H groups in total. The van der Waals surface area contributed by atoms with Gasteiger partial charge in [-0.2, -0.15) is 0 Å². The smallest absolute Gasteiger partial charge is 0.378 e. The molecule has 1 aliphatic rings. The third-order valence-electron chi connectivity index (χ3n) is 4.56. The van der Waals surface area contributed by atoms with E-state index in [1.807, 2.05) is 0 Å². The van der Waals surface area contributed by atoms with E-state index in [1.54, 1.807) is 0 Å². The van der Waals surface area contributed by atoms with Gasteiger partial charge in [0.25, 0.3) is 0 Å². The van der Waals surface area contributed by atoms with Crippen LogP contribution in [0.15, 0.2) is 60.7 Å². The SMILES string of the molecule is CCCC(O[SiH]1OC(c2ccccc2)CCN1C)c1ccccc1. The summed E-state index contributed by atoms with van der Waals surface area (Å²) in [6.07, 6.45) is 3.45. The first-order valence-electron chi connectivity index (χ1n) is 8.89. The number of nitrogens with zero attached hydrogens (tertiary/aromatic N) is 1. The third kappa shape index (κ3) is 4.33. The molecule has 0 spiro atoms. The lowest BCUT2D eigenvalue weighted by Crippen LogP contribution is -2.48. The maximum atomic E-state index is 6.52. The summed E-state index contributed by atoms with van der Waals surface area (Å²) in [4.78, 5) is 0. The van der Waals surface area contributed by atoms with Crippen molar-refractivity contribution in [2.45, 2.75) is 38.4 Å². The van der Waals surface area contributed by atoms with E-state index in [1.165, 1.54) is 11.1 Å².